The number of para-hydroxylation sites is 1. The molecular formula is C13H11ClN2O4. The molecule has 1 heterocycles. The standard InChI is InChI=1S/C13H11ClN2O4/c1-8(11-6-3-7-20-11)15-13(17)9-4-2-5-10(14)12(9)16(18)19/h2-8H,1H3,(H,15,17). The van der Waals surface area contributed by atoms with Crippen LogP contribution in [0.2, 0.25) is 5.02 Å². The molecule has 0 aliphatic rings. The number of amides is 1. The third kappa shape index (κ3) is 2.80. The number of nitrogens with zero attached hydrogens (tertiary/aromatic N) is 1. The summed E-state index contributed by atoms with van der Waals surface area (Å²) < 4.78 is 5.16. The fourth-order valence-electron chi connectivity index (χ4n) is 1.77. The van der Waals surface area contributed by atoms with Crippen molar-refractivity contribution in [1.82, 2.24) is 5.32 Å². The van der Waals surface area contributed by atoms with Crippen LogP contribution in [0.25, 0.3) is 0 Å². The van der Waals surface area contributed by atoms with Crippen LogP contribution in [0.15, 0.2) is 41.0 Å². The zero-order chi connectivity index (χ0) is 14.7. The Morgan fingerprint density at radius 3 is 2.75 bits per heavy atom. The zero-order valence-corrected chi connectivity index (χ0v) is 11.3. The summed E-state index contributed by atoms with van der Waals surface area (Å²) in [6.45, 7) is 1.72. The van der Waals surface area contributed by atoms with E-state index in [-0.39, 0.29) is 10.6 Å². The maximum absolute atomic E-state index is 12.1. The summed E-state index contributed by atoms with van der Waals surface area (Å²) in [7, 11) is 0. The van der Waals surface area contributed by atoms with Crippen LogP contribution in [0, 0.1) is 10.1 Å². The minimum absolute atomic E-state index is 0.0756. The van der Waals surface area contributed by atoms with Crippen molar-refractivity contribution >= 4 is 23.2 Å². The van der Waals surface area contributed by atoms with Crippen molar-refractivity contribution in [2.45, 2.75) is 13.0 Å². The molecule has 0 radical (unpaired) electrons. The fourth-order valence-corrected chi connectivity index (χ4v) is 2.01. The molecule has 1 aromatic carbocycles. The summed E-state index contributed by atoms with van der Waals surface area (Å²) in [4.78, 5) is 22.4. The van der Waals surface area contributed by atoms with Gasteiger partial charge in [0.15, 0.2) is 0 Å². The second kappa shape index (κ2) is 5.75. The maximum atomic E-state index is 12.1. The fraction of sp³-hybridized carbons (Fsp3) is 0.154. The van der Waals surface area contributed by atoms with Gasteiger partial charge >= 0.3 is 5.69 Å². The molecule has 2 rings (SSSR count). The number of furan rings is 1. The molecule has 2 aromatic rings. The number of carbonyl (C=O) groups is 1. The summed E-state index contributed by atoms with van der Waals surface area (Å²) in [5.74, 6) is -0.0221. The van der Waals surface area contributed by atoms with Gasteiger partial charge in [-0.15, -0.1) is 0 Å². The molecule has 0 bridgehead atoms. The third-order valence-electron chi connectivity index (χ3n) is 2.73. The van der Waals surface area contributed by atoms with Crippen LogP contribution in [-0.2, 0) is 0 Å². The van der Waals surface area contributed by atoms with Crippen LogP contribution in [0.1, 0.15) is 29.1 Å². The smallest absolute Gasteiger partial charge is 0.300 e. The van der Waals surface area contributed by atoms with Gasteiger partial charge in [0.05, 0.1) is 17.2 Å². The number of hydrogen-bond donors (Lipinski definition) is 1. The molecule has 0 saturated heterocycles. The molecule has 1 unspecified atom stereocenters. The Kier molecular flexibility index (Phi) is 4.05. The molecule has 0 aliphatic heterocycles. The maximum Gasteiger partial charge on any atom is 0.300 e. The molecule has 6 nitrogen and oxygen atoms in total. The first kappa shape index (κ1) is 14.1. The van der Waals surface area contributed by atoms with Gasteiger partial charge in [0, 0.05) is 0 Å². The predicted octanol–water partition coefficient (Wildman–Crippen LogP) is 3.33. The van der Waals surface area contributed by atoms with E-state index < -0.39 is 22.6 Å². The van der Waals surface area contributed by atoms with Crippen LogP contribution in [-0.4, -0.2) is 10.8 Å². The number of nitro benzene ring substituents is 1. The van der Waals surface area contributed by atoms with Crippen LogP contribution in [0.5, 0.6) is 0 Å². The summed E-state index contributed by atoms with van der Waals surface area (Å²) in [5.41, 5.74) is -0.487. The van der Waals surface area contributed by atoms with E-state index in [9.17, 15) is 14.9 Å². The number of nitro groups is 1. The number of nitrogens with one attached hydrogen (secondary N) is 1. The quantitative estimate of drug-likeness (QED) is 0.692. The molecular weight excluding hydrogens is 284 g/mol. The second-order valence-electron chi connectivity index (χ2n) is 4.10. The Bertz CT molecular complexity index is 640. The first-order valence-corrected chi connectivity index (χ1v) is 6.15. The van der Waals surface area contributed by atoms with E-state index in [1.165, 1.54) is 24.5 Å². The Hall–Kier alpha value is -2.34. The minimum Gasteiger partial charge on any atom is -0.467 e. The van der Waals surface area contributed by atoms with Gasteiger partial charge in [0.1, 0.15) is 16.3 Å². The van der Waals surface area contributed by atoms with Gasteiger partial charge in [-0.25, -0.2) is 0 Å². The van der Waals surface area contributed by atoms with E-state index in [2.05, 4.69) is 5.32 Å². The van der Waals surface area contributed by atoms with E-state index in [0.717, 1.165) is 0 Å². The van der Waals surface area contributed by atoms with Gasteiger partial charge in [-0.1, -0.05) is 17.7 Å². The molecule has 1 atom stereocenters. The first-order chi connectivity index (χ1) is 9.50. The normalized spacial score (nSPS) is 11.9. The lowest BCUT2D eigenvalue weighted by Gasteiger charge is -2.11. The number of carbonyl (C=O) groups excluding carboxylic acids is 1. The third-order valence-corrected chi connectivity index (χ3v) is 3.04. The van der Waals surface area contributed by atoms with Gasteiger partial charge in [-0.05, 0) is 31.2 Å². The Labute approximate surface area is 119 Å². The Morgan fingerprint density at radius 2 is 2.15 bits per heavy atom. The van der Waals surface area contributed by atoms with Gasteiger partial charge < -0.3 is 9.73 Å². The van der Waals surface area contributed by atoms with Crippen LogP contribution < -0.4 is 5.32 Å². The van der Waals surface area contributed by atoms with E-state index in [4.69, 9.17) is 16.0 Å². The average molecular weight is 295 g/mol. The Balaban J connectivity index is 2.26. The van der Waals surface area contributed by atoms with E-state index in [1.54, 1.807) is 19.1 Å². The van der Waals surface area contributed by atoms with E-state index in [1.807, 2.05) is 0 Å². The highest BCUT2D eigenvalue weighted by molar-refractivity contribution is 6.33. The minimum atomic E-state index is -0.672. The van der Waals surface area contributed by atoms with Crippen molar-refractivity contribution in [2.75, 3.05) is 0 Å². The molecule has 1 amide bonds. The van der Waals surface area contributed by atoms with Gasteiger partial charge in [-0.3, -0.25) is 14.9 Å². The molecule has 1 aromatic heterocycles. The molecule has 20 heavy (non-hydrogen) atoms. The summed E-state index contributed by atoms with van der Waals surface area (Å²) >= 11 is 5.76. The molecule has 7 heteroatoms. The van der Waals surface area contributed by atoms with Crippen molar-refractivity contribution in [3.8, 4) is 0 Å². The van der Waals surface area contributed by atoms with Crippen molar-refractivity contribution in [1.29, 1.82) is 0 Å². The van der Waals surface area contributed by atoms with Crippen molar-refractivity contribution in [3.05, 3.63) is 63.1 Å². The van der Waals surface area contributed by atoms with Gasteiger partial charge in [0.25, 0.3) is 5.91 Å². The molecule has 0 fully saturated rings. The molecule has 104 valence electrons. The molecule has 1 N–H and O–H groups in total. The topological polar surface area (TPSA) is 85.4 Å². The number of rotatable bonds is 4. The van der Waals surface area contributed by atoms with Crippen LogP contribution >= 0.6 is 11.6 Å². The van der Waals surface area contributed by atoms with Crippen molar-refractivity contribution in [2.24, 2.45) is 0 Å². The number of hydrogen-bond acceptors (Lipinski definition) is 4. The molecule has 0 saturated carbocycles. The molecule has 0 spiro atoms. The highest BCUT2D eigenvalue weighted by atomic mass is 35.5. The zero-order valence-electron chi connectivity index (χ0n) is 10.5. The lowest BCUT2D eigenvalue weighted by molar-refractivity contribution is -0.385. The average Bonchev–Trinajstić information content (AvgIpc) is 2.91. The summed E-state index contributed by atoms with van der Waals surface area (Å²) in [5, 5.41) is 13.5. The lowest BCUT2D eigenvalue weighted by atomic mass is 10.1. The van der Waals surface area contributed by atoms with Gasteiger partial charge in [0.2, 0.25) is 0 Å². The highest BCUT2D eigenvalue weighted by Crippen LogP contribution is 2.28. The van der Waals surface area contributed by atoms with Crippen molar-refractivity contribution in [3.63, 3.8) is 0 Å². The molecule has 0 aliphatic carbocycles. The van der Waals surface area contributed by atoms with Crippen LogP contribution in [0.4, 0.5) is 5.69 Å². The Morgan fingerprint density at radius 1 is 1.40 bits per heavy atom. The largest absolute Gasteiger partial charge is 0.467 e. The van der Waals surface area contributed by atoms with Gasteiger partial charge in [-0.2, -0.15) is 0 Å². The number of benzene rings is 1. The SMILES string of the molecule is CC(NC(=O)c1cccc(Cl)c1[N+](=O)[O-])c1ccco1. The predicted molar refractivity (Wildman–Crippen MR) is 72.7 cm³/mol. The monoisotopic (exact) mass is 294 g/mol. The number of halogens is 1. The van der Waals surface area contributed by atoms with E-state index in [0.29, 0.717) is 5.76 Å². The highest BCUT2D eigenvalue weighted by Gasteiger charge is 2.24. The van der Waals surface area contributed by atoms with Crippen molar-refractivity contribution < 1.29 is 14.1 Å². The lowest BCUT2D eigenvalue weighted by Crippen LogP contribution is -2.27. The summed E-state index contributed by atoms with van der Waals surface area (Å²) in [6.07, 6.45) is 1.49. The second-order valence-corrected chi connectivity index (χ2v) is 4.51. The summed E-state index contributed by atoms with van der Waals surface area (Å²) in [6, 6.07) is 7.20. The first-order valence-electron chi connectivity index (χ1n) is 5.78. The van der Waals surface area contributed by atoms with E-state index >= 15 is 0 Å². The van der Waals surface area contributed by atoms with Crippen LogP contribution in [0.3, 0.4) is 0 Å².